The van der Waals surface area contributed by atoms with E-state index in [4.69, 9.17) is 8.83 Å². The molecule has 0 spiro atoms. The van der Waals surface area contributed by atoms with Crippen molar-refractivity contribution in [2.24, 2.45) is 5.10 Å². The third-order valence-electron chi connectivity index (χ3n) is 2.84. The number of aryl methyl sites for hydroxylation is 2. The molecule has 0 aliphatic heterocycles. The van der Waals surface area contributed by atoms with Gasteiger partial charge in [0, 0.05) is 6.07 Å². The van der Waals surface area contributed by atoms with Crippen LogP contribution in [0.2, 0.25) is 0 Å². The minimum absolute atomic E-state index is 0.0928. The number of amides is 1. The van der Waals surface area contributed by atoms with E-state index in [-0.39, 0.29) is 22.8 Å². The van der Waals surface area contributed by atoms with Crippen LogP contribution in [0, 0.1) is 13.8 Å². The van der Waals surface area contributed by atoms with Crippen molar-refractivity contribution in [2.75, 3.05) is 0 Å². The van der Waals surface area contributed by atoms with E-state index in [9.17, 15) is 14.7 Å². The highest BCUT2D eigenvalue weighted by molar-refractivity contribution is 6.02. The molecule has 1 amide bonds. The SMILES string of the molecule is C/C(=N/NC(=O)c1ccoc1C)c1c(O)cc(C)oc1=O. The Bertz CT molecular complexity index is 770. The molecule has 2 heterocycles. The van der Waals surface area contributed by atoms with Crippen LogP contribution in [0.4, 0.5) is 0 Å². The molecule has 0 aromatic carbocycles. The van der Waals surface area contributed by atoms with Crippen LogP contribution < -0.4 is 11.1 Å². The first kappa shape index (κ1) is 14.6. The van der Waals surface area contributed by atoms with E-state index in [0.29, 0.717) is 11.3 Å². The molecule has 110 valence electrons. The van der Waals surface area contributed by atoms with Gasteiger partial charge in [0.05, 0.1) is 17.5 Å². The highest BCUT2D eigenvalue weighted by Crippen LogP contribution is 2.15. The molecule has 21 heavy (non-hydrogen) atoms. The zero-order valence-corrected chi connectivity index (χ0v) is 11.8. The molecule has 0 unspecified atom stereocenters. The van der Waals surface area contributed by atoms with Crippen LogP contribution in [0.1, 0.15) is 34.4 Å². The van der Waals surface area contributed by atoms with Crippen molar-refractivity contribution in [1.29, 1.82) is 0 Å². The first-order chi connectivity index (χ1) is 9.90. The molecule has 2 aromatic heterocycles. The highest BCUT2D eigenvalue weighted by atomic mass is 16.4. The largest absolute Gasteiger partial charge is 0.507 e. The molecule has 0 aliphatic rings. The summed E-state index contributed by atoms with van der Waals surface area (Å²) >= 11 is 0. The zero-order chi connectivity index (χ0) is 15.6. The van der Waals surface area contributed by atoms with Gasteiger partial charge in [-0.05, 0) is 26.8 Å². The Morgan fingerprint density at radius 2 is 2.10 bits per heavy atom. The van der Waals surface area contributed by atoms with Gasteiger partial charge in [-0.1, -0.05) is 0 Å². The molecule has 0 aliphatic carbocycles. The molecular weight excluding hydrogens is 276 g/mol. The second-order valence-electron chi connectivity index (χ2n) is 4.43. The summed E-state index contributed by atoms with van der Waals surface area (Å²) in [7, 11) is 0. The van der Waals surface area contributed by atoms with Gasteiger partial charge in [0.2, 0.25) is 0 Å². The summed E-state index contributed by atoms with van der Waals surface area (Å²) in [4.78, 5) is 23.5. The van der Waals surface area contributed by atoms with Crippen LogP contribution in [0.5, 0.6) is 5.75 Å². The van der Waals surface area contributed by atoms with E-state index >= 15 is 0 Å². The third-order valence-corrected chi connectivity index (χ3v) is 2.84. The summed E-state index contributed by atoms with van der Waals surface area (Å²) in [5, 5.41) is 13.6. The van der Waals surface area contributed by atoms with Gasteiger partial charge < -0.3 is 13.9 Å². The van der Waals surface area contributed by atoms with Crippen LogP contribution in [0.25, 0.3) is 0 Å². The molecule has 2 N–H and O–H groups in total. The van der Waals surface area contributed by atoms with Gasteiger partial charge in [-0.3, -0.25) is 4.79 Å². The van der Waals surface area contributed by atoms with E-state index in [0.717, 1.165) is 0 Å². The zero-order valence-electron chi connectivity index (χ0n) is 11.8. The fraction of sp³-hybridized carbons (Fsp3) is 0.214. The van der Waals surface area contributed by atoms with Gasteiger partial charge in [0.25, 0.3) is 5.91 Å². The predicted octanol–water partition coefficient (Wildman–Crippen LogP) is 1.71. The van der Waals surface area contributed by atoms with E-state index in [1.165, 1.54) is 25.3 Å². The Balaban J connectivity index is 2.25. The average molecular weight is 290 g/mol. The van der Waals surface area contributed by atoms with Crippen molar-refractivity contribution in [2.45, 2.75) is 20.8 Å². The lowest BCUT2D eigenvalue weighted by Crippen LogP contribution is -2.21. The van der Waals surface area contributed by atoms with Crippen molar-refractivity contribution < 1.29 is 18.7 Å². The van der Waals surface area contributed by atoms with E-state index in [1.54, 1.807) is 13.8 Å². The maximum Gasteiger partial charge on any atom is 0.348 e. The number of furan rings is 1. The fourth-order valence-corrected chi connectivity index (χ4v) is 1.80. The lowest BCUT2D eigenvalue weighted by Gasteiger charge is -2.04. The lowest BCUT2D eigenvalue weighted by molar-refractivity contribution is 0.0953. The Hall–Kier alpha value is -2.83. The molecule has 7 nitrogen and oxygen atoms in total. The van der Waals surface area contributed by atoms with Crippen LogP contribution in [-0.4, -0.2) is 16.7 Å². The first-order valence-electron chi connectivity index (χ1n) is 6.13. The molecule has 0 radical (unpaired) electrons. The monoisotopic (exact) mass is 290 g/mol. The number of carbonyl (C=O) groups is 1. The van der Waals surface area contributed by atoms with Crippen LogP contribution >= 0.6 is 0 Å². The Morgan fingerprint density at radius 3 is 2.67 bits per heavy atom. The topological polar surface area (TPSA) is 105 Å². The lowest BCUT2D eigenvalue weighted by atomic mass is 10.2. The number of nitrogens with zero attached hydrogens (tertiary/aromatic N) is 1. The molecule has 2 aromatic rings. The average Bonchev–Trinajstić information content (AvgIpc) is 2.81. The number of nitrogens with one attached hydrogen (secondary N) is 1. The van der Waals surface area contributed by atoms with Gasteiger partial charge in [-0.25, -0.2) is 10.2 Å². The molecule has 0 saturated carbocycles. The van der Waals surface area contributed by atoms with Crippen molar-refractivity contribution in [1.82, 2.24) is 5.43 Å². The summed E-state index contributed by atoms with van der Waals surface area (Å²) in [5.74, 6) is 0.0143. The molecule has 0 saturated heterocycles. The molecule has 0 fully saturated rings. The number of hydrazone groups is 1. The molecule has 0 atom stereocenters. The standard InChI is InChI=1S/C14H14N2O5/c1-7-6-11(17)12(14(19)21-7)8(2)15-16-13(18)10-4-5-20-9(10)3/h4-6,17H,1-3H3,(H,16,18)/b15-8-. The van der Waals surface area contributed by atoms with E-state index < -0.39 is 11.5 Å². The van der Waals surface area contributed by atoms with Gasteiger partial charge in [0.15, 0.2) is 0 Å². The minimum Gasteiger partial charge on any atom is -0.507 e. The van der Waals surface area contributed by atoms with Gasteiger partial charge in [-0.15, -0.1) is 0 Å². The maximum absolute atomic E-state index is 11.8. The summed E-state index contributed by atoms with van der Waals surface area (Å²) in [6, 6.07) is 2.81. The summed E-state index contributed by atoms with van der Waals surface area (Å²) < 4.78 is 9.90. The van der Waals surface area contributed by atoms with E-state index in [2.05, 4.69) is 10.5 Å². The van der Waals surface area contributed by atoms with Gasteiger partial charge in [0.1, 0.15) is 22.8 Å². The summed E-state index contributed by atoms with van der Waals surface area (Å²) in [6.07, 6.45) is 1.39. The van der Waals surface area contributed by atoms with Gasteiger partial charge >= 0.3 is 5.63 Å². The smallest absolute Gasteiger partial charge is 0.348 e. The summed E-state index contributed by atoms with van der Waals surface area (Å²) in [6.45, 7) is 4.66. The van der Waals surface area contributed by atoms with Crippen molar-refractivity contribution in [3.05, 3.63) is 51.5 Å². The summed E-state index contributed by atoms with van der Waals surface area (Å²) in [5.41, 5.74) is 1.95. The maximum atomic E-state index is 11.8. The van der Waals surface area contributed by atoms with Crippen molar-refractivity contribution in [3.63, 3.8) is 0 Å². The molecule has 0 bridgehead atoms. The Labute approximate surface area is 119 Å². The quantitative estimate of drug-likeness (QED) is 0.661. The number of hydrogen-bond donors (Lipinski definition) is 2. The minimum atomic E-state index is -0.720. The normalized spacial score (nSPS) is 11.5. The van der Waals surface area contributed by atoms with Crippen LogP contribution in [0.15, 0.2) is 37.1 Å². The Morgan fingerprint density at radius 1 is 1.38 bits per heavy atom. The van der Waals surface area contributed by atoms with Crippen LogP contribution in [-0.2, 0) is 0 Å². The van der Waals surface area contributed by atoms with Gasteiger partial charge in [-0.2, -0.15) is 5.10 Å². The second-order valence-corrected chi connectivity index (χ2v) is 4.43. The van der Waals surface area contributed by atoms with Crippen molar-refractivity contribution >= 4 is 11.6 Å². The number of rotatable bonds is 3. The fourth-order valence-electron chi connectivity index (χ4n) is 1.80. The Kier molecular flexibility index (Phi) is 3.93. The molecule has 7 heteroatoms. The van der Waals surface area contributed by atoms with E-state index in [1.807, 2.05) is 0 Å². The first-order valence-corrected chi connectivity index (χ1v) is 6.13. The van der Waals surface area contributed by atoms with Crippen molar-refractivity contribution in [3.8, 4) is 5.75 Å². The number of carbonyl (C=O) groups excluding carboxylic acids is 1. The predicted molar refractivity (Wildman–Crippen MR) is 74.5 cm³/mol. The second kappa shape index (κ2) is 5.66. The third kappa shape index (κ3) is 3.02. The molecular formula is C14H14N2O5. The number of hydrogen-bond acceptors (Lipinski definition) is 6. The van der Waals surface area contributed by atoms with Crippen LogP contribution in [0.3, 0.4) is 0 Å². The highest BCUT2D eigenvalue weighted by Gasteiger charge is 2.15. The number of aromatic hydroxyl groups is 1. The molecule has 2 rings (SSSR count).